The highest BCUT2D eigenvalue weighted by atomic mass is 19.3. The molecule has 1 aliphatic heterocycles. The van der Waals surface area contributed by atoms with Crippen molar-refractivity contribution in [3.63, 3.8) is 0 Å². The third-order valence-corrected chi connectivity index (χ3v) is 8.55. The SMILES string of the molecule is CCC1CCN(C(=O)CNC(=O)OC2CCC[C@H]2CCCCC(F)(F)c2nc3ccc(OC)cc3nc2[OH2+])[C@@H]1C(C)=O. The lowest BCUT2D eigenvalue weighted by molar-refractivity contribution is -0.137. The molecule has 1 aromatic heterocycles. The zero-order valence-corrected chi connectivity index (χ0v) is 24.5. The number of benzene rings is 1. The smallest absolute Gasteiger partial charge is 0.407 e. The predicted octanol–water partition coefficient (Wildman–Crippen LogP) is 4.84. The first-order valence-corrected chi connectivity index (χ1v) is 14.7. The second kappa shape index (κ2) is 13.6. The molecule has 2 aliphatic rings. The van der Waals surface area contributed by atoms with Crippen LogP contribution in [-0.4, -0.2) is 70.1 Å². The molecular weight excluding hydrogens is 550 g/mol. The molecule has 1 saturated carbocycles. The van der Waals surface area contributed by atoms with E-state index in [1.807, 2.05) is 6.92 Å². The maximum absolute atomic E-state index is 15.0. The van der Waals surface area contributed by atoms with E-state index in [1.54, 1.807) is 23.1 Å². The molecule has 2 amide bonds. The van der Waals surface area contributed by atoms with E-state index < -0.39 is 36.1 Å². The van der Waals surface area contributed by atoms with Gasteiger partial charge in [0.15, 0.2) is 5.78 Å². The zero-order valence-electron chi connectivity index (χ0n) is 24.5. The first kappa shape index (κ1) is 31.4. The van der Waals surface area contributed by atoms with E-state index in [-0.39, 0.29) is 48.1 Å². The number of alkyl halides is 2. The van der Waals surface area contributed by atoms with E-state index in [4.69, 9.17) is 14.6 Å². The third-order valence-electron chi connectivity index (χ3n) is 8.55. The summed E-state index contributed by atoms with van der Waals surface area (Å²) in [6, 6.07) is 4.26. The molecule has 0 bridgehead atoms. The van der Waals surface area contributed by atoms with Crippen LogP contribution in [0.4, 0.5) is 13.6 Å². The van der Waals surface area contributed by atoms with Crippen molar-refractivity contribution < 1.29 is 37.7 Å². The summed E-state index contributed by atoms with van der Waals surface area (Å²) in [6.07, 6.45) is 3.79. The normalized spacial score (nSPS) is 22.4. The predicted molar refractivity (Wildman–Crippen MR) is 152 cm³/mol. The van der Waals surface area contributed by atoms with Gasteiger partial charge in [0.2, 0.25) is 11.6 Å². The fourth-order valence-corrected chi connectivity index (χ4v) is 6.32. The maximum Gasteiger partial charge on any atom is 0.407 e. The number of Topliss-reactive ketones (excluding diaryl/α,β-unsaturated/α-hetero) is 1. The monoisotopic (exact) mass is 591 g/mol. The Bertz CT molecular complexity index is 1290. The average Bonchev–Trinajstić information content (AvgIpc) is 3.60. The molecule has 230 valence electrons. The van der Waals surface area contributed by atoms with E-state index in [1.165, 1.54) is 14.0 Å². The van der Waals surface area contributed by atoms with Crippen molar-refractivity contribution >= 4 is 28.8 Å². The highest BCUT2D eigenvalue weighted by Gasteiger charge is 2.40. The van der Waals surface area contributed by atoms with Gasteiger partial charge in [-0.25, -0.2) is 9.78 Å². The Morgan fingerprint density at radius 1 is 1.12 bits per heavy atom. The van der Waals surface area contributed by atoms with Crippen LogP contribution in [0.3, 0.4) is 0 Å². The van der Waals surface area contributed by atoms with Gasteiger partial charge in [0.1, 0.15) is 23.9 Å². The minimum atomic E-state index is -3.30. The highest BCUT2D eigenvalue weighted by molar-refractivity contribution is 5.90. The number of fused-ring (bicyclic) bond motifs is 1. The van der Waals surface area contributed by atoms with Crippen LogP contribution in [0, 0.1) is 11.8 Å². The molecule has 4 rings (SSSR count). The van der Waals surface area contributed by atoms with Crippen molar-refractivity contribution in [3.05, 3.63) is 23.9 Å². The third kappa shape index (κ3) is 7.25. The molecule has 42 heavy (non-hydrogen) atoms. The lowest BCUT2D eigenvalue weighted by Gasteiger charge is -2.26. The van der Waals surface area contributed by atoms with Crippen molar-refractivity contribution in [2.24, 2.45) is 11.8 Å². The zero-order chi connectivity index (χ0) is 30.4. The van der Waals surface area contributed by atoms with Gasteiger partial charge in [0, 0.05) is 19.0 Å². The first-order valence-electron chi connectivity index (χ1n) is 14.7. The van der Waals surface area contributed by atoms with Crippen molar-refractivity contribution in [2.75, 3.05) is 20.2 Å². The van der Waals surface area contributed by atoms with E-state index in [0.717, 1.165) is 25.7 Å². The van der Waals surface area contributed by atoms with E-state index in [9.17, 15) is 14.4 Å². The molecule has 2 aromatic rings. The number of ether oxygens (including phenoxy) is 2. The van der Waals surface area contributed by atoms with Crippen LogP contribution >= 0.6 is 0 Å². The van der Waals surface area contributed by atoms with Gasteiger partial charge in [-0.2, -0.15) is 13.8 Å². The molecule has 0 radical (unpaired) electrons. The van der Waals surface area contributed by atoms with Gasteiger partial charge in [-0.05, 0) is 69.4 Å². The molecule has 1 aliphatic carbocycles. The Balaban J connectivity index is 1.23. The van der Waals surface area contributed by atoms with Gasteiger partial charge in [-0.3, -0.25) is 9.59 Å². The number of aromatic nitrogens is 2. The molecule has 10 nitrogen and oxygen atoms in total. The van der Waals surface area contributed by atoms with Crippen LogP contribution in [0.25, 0.3) is 11.0 Å². The van der Waals surface area contributed by atoms with Crippen LogP contribution in [-0.2, 0) is 20.2 Å². The summed E-state index contributed by atoms with van der Waals surface area (Å²) < 4.78 is 40.8. The number of rotatable bonds is 12. The number of amides is 2. The van der Waals surface area contributed by atoms with Crippen LogP contribution in [0.5, 0.6) is 11.6 Å². The molecule has 4 atom stereocenters. The second-order valence-corrected chi connectivity index (χ2v) is 11.3. The quantitative estimate of drug-likeness (QED) is 0.276. The maximum atomic E-state index is 15.0. The standard InChI is InChI=1S/C30H40F2N4O6/c1-4-19-13-15-36(26(19)18(2)37)25(38)17-33-29(40)42-24-10-7-9-20(24)8-5-6-14-30(31,32)27-28(39)35-23-16-21(41-3)11-12-22(23)34-27/h11-12,16,19-20,24,26H,4-10,13-15,17H2,1-3H3,(H,33,40)(H,35,39)/p+1/t19?,20-,24?,26-/m1/s1. The largest absolute Gasteiger partial charge is 0.577 e. The van der Waals surface area contributed by atoms with Crippen LogP contribution in [0.15, 0.2) is 18.2 Å². The first-order chi connectivity index (χ1) is 20.0. The number of nitrogens with zero attached hydrogens (tertiary/aromatic N) is 3. The molecule has 2 fully saturated rings. The minimum absolute atomic E-state index is 0.0480. The Labute approximate surface area is 244 Å². The number of hydrogen-bond donors (Lipinski definition) is 1. The fraction of sp³-hybridized carbons (Fsp3) is 0.633. The number of halogens is 2. The number of alkyl carbamates (subject to hydrolysis) is 1. The molecule has 1 aromatic carbocycles. The van der Waals surface area contributed by atoms with Crippen LogP contribution in [0.1, 0.15) is 77.3 Å². The van der Waals surface area contributed by atoms with Gasteiger partial charge >= 0.3 is 17.9 Å². The Kier molecular flexibility index (Phi) is 10.2. The number of unbranched alkanes of at least 4 members (excludes halogenated alkanes) is 1. The number of carbonyl (C=O) groups is 3. The van der Waals surface area contributed by atoms with Crippen molar-refractivity contribution in [3.8, 4) is 11.6 Å². The minimum Gasteiger partial charge on any atom is -0.577 e. The number of ketones is 1. The van der Waals surface area contributed by atoms with Gasteiger partial charge in [0.05, 0.1) is 18.7 Å². The topological polar surface area (TPSA) is 134 Å². The van der Waals surface area contributed by atoms with Crippen molar-refractivity contribution in [2.45, 2.75) is 89.7 Å². The number of likely N-dealkylation sites (tertiary alicyclic amines) is 1. The lowest BCUT2D eigenvalue weighted by atomic mass is 9.95. The molecule has 0 spiro atoms. The molecule has 2 unspecified atom stereocenters. The van der Waals surface area contributed by atoms with Crippen LogP contribution in [0.2, 0.25) is 0 Å². The molecular formula is C30H41F2N4O6+. The Morgan fingerprint density at radius 2 is 1.90 bits per heavy atom. The fourth-order valence-electron chi connectivity index (χ4n) is 6.32. The number of nitrogens with one attached hydrogen (secondary N) is 1. The Morgan fingerprint density at radius 3 is 2.62 bits per heavy atom. The Hall–Kier alpha value is -3.57. The summed E-state index contributed by atoms with van der Waals surface area (Å²) >= 11 is 0. The van der Waals surface area contributed by atoms with Gasteiger partial charge < -0.3 is 24.8 Å². The number of methoxy groups -OCH3 is 1. The number of carbonyl (C=O) groups excluding carboxylic acids is 3. The van der Waals surface area contributed by atoms with E-state index in [2.05, 4.69) is 15.3 Å². The number of hydrogen-bond acceptors (Lipinski definition) is 7. The molecule has 2 heterocycles. The summed E-state index contributed by atoms with van der Waals surface area (Å²) in [5.41, 5.74) is -0.0418. The summed E-state index contributed by atoms with van der Waals surface area (Å²) in [7, 11) is 1.49. The van der Waals surface area contributed by atoms with Crippen molar-refractivity contribution in [1.29, 1.82) is 0 Å². The molecule has 1 saturated heterocycles. The van der Waals surface area contributed by atoms with Crippen molar-refractivity contribution in [1.82, 2.24) is 20.2 Å². The molecule has 3 N–H and O–H groups in total. The van der Waals surface area contributed by atoms with Crippen LogP contribution < -0.4 is 10.1 Å². The van der Waals surface area contributed by atoms with Gasteiger partial charge in [0.25, 0.3) is 0 Å². The van der Waals surface area contributed by atoms with Gasteiger partial charge in [-0.1, -0.05) is 19.8 Å². The second-order valence-electron chi connectivity index (χ2n) is 11.3. The summed E-state index contributed by atoms with van der Waals surface area (Å²) in [5, 5.41) is 10.5. The summed E-state index contributed by atoms with van der Waals surface area (Å²) in [4.78, 5) is 46.9. The van der Waals surface area contributed by atoms with Gasteiger partial charge in [-0.15, -0.1) is 0 Å². The molecule has 12 heteroatoms. The summed E-state index contributed by atoms with van der Waals surface area (Å²) in [6.45, 7) is 3.74. The average molecular weight is 592 g/mol. The van der Waals surface area contributed by atoms with E-state index in [0.29, 0.717) is 37.1 Å². The summed E-state index contributed by atoms with van der Waals surface area (Å²) in [5.74, 6) is -3.52. The lowest BCUT2D eigenvalue weighted by Crippen LogP contribution is -2.47. The highest BCUT2D eigenvalue weighted by Crippen LogP contribution is 2.39. The van der Waals surface area contributed by atoms with E-state index >= 15 is 8.78 Å².